The molecule has 0 amide bonds. The number of guanidine groups is 1. The van der Waals surface area contributed by atoms with Crippen molar-refractivity contribution in [2.75, 3.05) is 33.2 Å². The molecule has 0 spiro atoms. The summed E-state index contributed by atoms with van der Waals surface area (Å²) in [4.78, 5) is 6.85. The minimum Gasteiger partial charge on any atom is -0.356 e. The average molecular weight is 254 g/mol. The molecule has 2 N–H and O–H groups in total. The second-order valence-electron chi connectivity index (χ2n) is 5.61. The molecule has 18 heavy (non-hydrogen) atoms. The number of rotatable bonds is 5. The summed E-state index contributed by atoms with van der Waals surface area (Å²) in [6.07, 6.45) is 3.71. The molecular weight excluding hydrogens is 224 g/mol. The highest BCUT2D eigenvalue weighted by Crippen LogP contribution is 2.10. The number of nitrogens with zero attached hydrogens (tertiary/aromatic N) is 2. The predicted octanol–water partition coefficient (Wildman–Crippen LogP) is 1.68. The maximum absolute atomic E-state index is 4.29. The largest absolute Gasteiger partial charge is 0.356 e. The molecule has 0 aromatic heterocycles. The lowest BCUT2D eigenvalue weighted by molar-refractivity contribution is 0.206. The van der Waals surface area contributed by atoms with Crippen molar-refractivity contribution < 1.29 is 0 Å². The Morgan fingerprint density at radius 1 is 1.33 bits per heavy atom. The molecule has 0 saturated carbocycles. The van der Waals surface area contributed by atoms with Crippen LogP contribution in [0.3, 0.4) is 0 Å². The Hall–Kier alpha value is -0.770. The molecule has 0 unspecified atom stereocenters. The van der Waals surface area contributed by atoms with Gasteiger partial charge in [-0.2, -0.15) is 0 Å². The molecule has 1 heterocycles. The molecule has 4 nitrogen and oxygen atoms in total. The molecule has 1 rings (SSSR count). The first-order valence-electron chi connectivity index (χ1n) is 7.35. The fourth-order valence-corrected chi connectivity index (χ4v) is 2.31. The molecule has 0 aliphatic carbocycles. The maximum atomic E-state index is 4.29. The molecule has 1 aliphatic rings. The van der Waals surface area contributed by atoms with E-state index in [9.17, 15) is 0 Å². The number of likely N-dealkylation sites (tertiary alicyclic amines) is 1. The summed E-state index contributed by atoms with van der Waals surface area (Å²) in [5.41, 5.74) is 0. The van der Waals surface area contributed by atoms with Gasteiger partial charge in [-0.3, -0.25) is 4.99 Å². The van der Waals surface area contributed by atoms with Gasteiger partial charge in [-0.25, -0.2) is 0 Å². The summed E-state index contributed by atoms with van der Waals surface area (Å²) >= 11 is 0. The molecule has 1 saturated heterocycles. The fraction of sp³-hybridized carbons (Fsp3) is 0.929. The van der Waals surface area contributed by atoms with Crippen LogP contribution < -0.4 is 10.6 Å². The van der Waals surface area contributed by atoms with E-state index in [0.717, 1.165) is 12.5 Å². The molecular formula is C14H30N4. The molecule has 0 aromatic carbocycles. The summed E-state index contributed by atoms with van der Waals surface area (Å²) in [6.45, 7) is 11.3. The van der Waals surface area contributed by atoms with E-state index >= 15 is 0 Å². The van der Waals surface area contributed by atoms with Gasteiger partial charge in [-0.05, 0) is 31.7 Å². The highest BCUT2D eigenvalue weighted by Gasteiger charge is 2.19. The monoisotopic (exact) mass is 254 g/mol. The molecule has 0 aromatic rings. The number of piperidine rings is 1. The van der Waals surface area contributed by atoms with Crippen molar-refractivity contribution in [3.8, 4) is 0 Å². The van der Waals surface area contributed by atoms with Gasteiger partial charge in [0.25, 0.3) is 0 Å². The molecule has 106 valence electrons. The Morgan fingerprint density at radius 2 is 2.00 bits per heavy atom. The fourth-order valence-electron chi connectivity index (χ4n) is 2.31. The number of hydrogen-bond acceptors (Lipinski definition) is 2. The first-order chi connectivity index (χ1) is 8.65. The van der Waals surface area contributed by atoms with Crippen LogP contribution in [0.1, 0.15) is 40.0 Å². The van der Waals surface area contributed by atoms with Crippen LogP contribution in [-0.4, -0.2) is 50.1 Å². The van der Waals surface area contributed by atoms with E-state index in [0.29, 0.717) is 12.0 Å². The first kappa shape index (κ1) is 15.3. The van der Waals surface area contributed by atoms with Gasteiger partial charge in [-0.15, -0.1) is 0 Å². The zero-order chi connectivity index (χ0) is 13.4. The maximum Gasteiger partial charge on any atom is 0.191 e. The predicted molar refractivity (Wildman–Crippen MR) is 79.1 cm³/mol. The van der Waals surface area contributed by atoms with Crippen molar-refractivity contribution in [1.82, 2.24) is 15.5 Å². The highest BCUT2D eigenvalue weighted by molar-refractivity contribution is 5.79. The van der Waals surface area contributed by atoms with Gasteiger partial charge >= 0.3 is 0 Å². The van der Waals surface area contributed by atoms with E-state index in [1.165, 1.54) is 38.9 Å². The Bertz CT molecular complexity index is 242. The van der Waals surface area contributed by atoms with Crippen LogP contribution in [0.4, 0.5) is 0 Å². The average Bonchev–Trinajstić information content (AvgIpc) is 2.36. The number of hydrogen-bond donors (Lipinski definition) is 2. The quantitative estimate of drug-likeness (QED) is 0.579. The molecule has 0 atom stereocenters. The third-order valence-electron chi connectivity index (χ3n) is 3.37. The summed E-state index contributed by atoms with van der Waals surface area (Å²) in [5.74, 6) is 1.60. The zero-order valence-electron chi connectivity index (χ0n) is 12.5. The van der Waals surface area contributed by atoms with Crippen LogP contribution in [0.15, 0.2) is 4.99 Å². The van der Waals surface area contributed by atoms with Gasteiger partial charge in [0, 0.05) is 32.7 Å². The standard InChI is InChI=1S/C14H30N4/c1-5-8-18-9-6-13(7-10-18)17-14(15-4)16-11-12(2)3/h12-13H,5-11H2,1-4H3,(H2,15,16,17). The lowest BCUT2D eigenvalue weighted by Gasteiger charge is -2.32. The number of aliphatic imine (C=N–C) groups is 1. The zero-order valence-corrected chi connectivity index (χ0v) is 12.5. The normalized spacial score (nSPS) is 19.3. The Morgan fingerprint density at radius 3 is 2.50 bits per heavy atom. The molecule has 0 bridgehead atoms. The summed E-state index contributed by atoms with van der Waals surface area (Å²) in [6, 6.07) is 0.580. The van der Waals surface area contributed by atoms with Gasteiger partial charge in [-0.1, -0.05) is 20.8 Å². The second kappa shape index (κ2) is 8.35. The van der Waals surface area contributed by atoms with Gasteiger partial charge in [0.2, 0.25) is 0 Å². The third kappa shape index (κ3) is 5.71. The van der Waals surface area contributed by atoms with Crippen molar-refractivity contribution in [2.45, 2.75) is 46.1 Å². The van der Waals surface area contributed by atoms with E-state index in [2.05, 4.69) is 41.3 Å². The lowest BCUT2D eigenvalue weighted by atomic mass is 10.1. The van der Waals surface area contributed by atoms with Gasteiger partial charge in [0.15, 0.2) is 5.96 Å². The van der Waals surface area contributed by atoms with Gasteiger partial charge < -0.3 is 15.5 Å². The summed E-state index contributed by atoms with van der Waals surface area (Å²) < 4.78 is 0. The van der Waals surface area contributed by atoms with Crippen molar-refractivity contribution in [2.24, 2.45) is 10.9 Å². The van der Waals surface area contributed by atoms with Crippen molar-refractivity contribution >= 4 is 5.96 Å². The van der Waals surface area contributed by atoms with Crippen molar-refractivity contribution in [1.29, 1.82) is 0 Å². The summed E-state index contributed by atoms with van der Waals surface area (Å²) in [5, 5.41) is 6.91. The van der Waals surface area contributed by atoms with E-state index < -0.39 is 0 Å². The Labute approximate surface area is 112 Å². The minimum atomic E-state index is 0.580. The van der Waals surface area contributed by atoms with Crippen molar-refractivity contribution in [3.63, 3.8) is 0 Å². The van der Waals surface area contributed by atoms with E-state index in [1.807, 2.05) is 7.05 Å². The second-order valence-corrected chi connectivity index (χ2v) is 5.61. The van der Waals surface area contributed by atoms with Gasteiger partial charge in [0.05, 0.1) is 0 Å². The Kier molecular flexibility index (Phi) is 7.09. The molecule has 1 fully saturated rings. The van der Waals surface area contributed by atoms with Crippen LogP contribution in [-0.2, 0) is 0 Å². The highest BCUT2D eigenvalue weighted by atomic mass is 15.2. The van der Waals surface area contributed by atoms with Crippen LogP contribution in [0.25, 0.3) is 0 Å². The van der Waals surface area contributed by atoms with Crippen LogP contribution in [0, 0.1) is 5.92 Å². The van der Waals surface area contributed by atoms with E-state index in [4.69, 9.17) is 0 Å². The molecule has 1 aliphatic heterocycles. The molecule has 0 radical (unpaired) electrons. The topological polar surface area (TPSA) is 39.7 Å². The van der Waals surface area contributed by atoms with E-state index in [1.54, 1.807) is 0 Å². The lowest BCUT2D eigenvalue weighted by Crippen LogP contribution is -2.49. The van der Waals surface area contributed by atoms with Crippen LogP contribution in [0.2, 0.25) is 0 Å². The van der Waals surface area contributed by atoms with E-state index in [-0.39, 0.29) is 0 Å². The van der Waals surface area contributed by atoms with Crippen molar-refractivity contribution in [3.05, 3.63) is 0 Å². The van der Waals surface area contributed by atoms with Gasteiger partial charge in [0.1, 0.15) is 0 Å². The first-order valence-corrected chi connectivity index (χ1v) is 7.35. The smallest absolute Gasteiger partial charge is 0.191 e. The third-order valence-corrected chi connectivity index (χ3v) is 3.37. The summed E-state index contributed by atoms with van der Waals surface area (Å²) in [7, 11) is 1.85. The SMILES string of the molecule is CCCN1CCC(NC(=NC)NCC(C)C)CC1. The molecule has 4 heteroatoms. The number of nitrogens with one attached hydrogen (secondary N) is 2. The minimum absolute atomic E-state index is 0.580. The van der Waals surface area contributed by atoms with Crippen LogP contribution in [0.5, 0.6) is 0 Å². The van der Waals surface area contributed by atoms with Crippen LogP contribution >= 0.6 is 0 Å². The Balaban J connectivity index is 2.26.